The standard InChI is InChI=1S/C24H32N4O2/c1-15(2)7-10-21-18-11-17(20-5-4-6-23(29)28(20)21)13-27(14-18)24(30)19-12-22(16-8-9-16)26(3)25-19/h4-6,12,15-18,21H,7-11,13-14H2,1-3H3/t17-,18+,21+/m1/s1. The molecule has 2 aromatic rings. The van der Waals surface area contributed by atoms with Crippen molar-refractivity contribution in [3.8, 4) is 0 Å². The van der Waals surface area contributed by atoms with Gasteiger partial charge in [-0.3, -0.25) is 14.3 Å². The molecule has 0 spiro atoms. The highest BCUT2D eigenvalue weighted by atomic mass is 16.2. The maximum absolute atomic E-state index is 13.4. The molecule has 2 bridgehead atoms. The molecule has 2 fully saturated rings. The first-order valence-electron chi connectivity index (χ1n) is 11.5. The largest absolute Gasteiger partial charge is 0.336 e. The van der Waals surface area contributed by atoms with Gasteiger partial charge in [-0.25, -0.2) is 0 Å². The minimum Gasteiger partial charge on any atom is -0.336 e. The molecule has 2 aromatic heterocycles. The molecule has 1 aliphatic carbocycles. The second-order valence-electron chi connectivity index (χ2n) is 9.95. The number of rotatable bonds is 5. The first kappa shape index (κ1) is 19.6. The maximum atomic E-state index is 13.4. The van der Waals surface area contributed by atoms with Crippen molar-refractivity contribution in [2.24, 2.45) is 18.9 Å². The summed E-state index contributed by atoms with van der Waals surface area (Å²) < 4.78 is 3.94. The van der Waals surface area contributed by atoms with E-state index in [2.05, 4.69) is 29.6 Å². The summed E-state index contributed by atoms with van der Waals surface area (Å²) in [5.74, 6) is 1.76. The zero-order chi connectivity index (χ0) is 21.0. The van der Waals surface area contributed by atoms with Crippen LogP contribution in [0.1, 0.15) is 85.7 Å². The summed E-state index contributed by atoms with van der Waals surface area (Å²) in [6.45, 7) is 5.85. The van der Waals surface area contributed by atoms with Crippen LogP contribution >= 0.6 is 0 Å². The van der Waals surface area contributed by atoms with Crippen molar-refractivity contribution in [3.63, 3.8) is 0 Å². The van der Waals surface area contributed by atoms with Gasteiger partial charge in [-0.1, -0.05) is 19.9 Å². The summed E-state index contributed by atoms with van der Waals surface area (Å²) >= 11 is 0. The van der Waals surface area contributed by atoms with Crippen LogP contribution in [-0.2, 0) is 7.05 Å². The number of hydrogen-bond acceptors (Lipinski definition) is 3. The van der Waals surface area contributed by atoms with Gasteiger partial charge in [0.05, 0.1) is 0 Å². The third-order valence-corrected chi connectivity index (χ3v) is 7.26. The molecule has 30 heavy (non-hydrogen) atoms. The predicted molar refractivity (Wildman–Crippen MR) is 116 cm³/mol. The van der Waals surface area contributed by atoms with E-state index < -0.39 is 0 Å². The van der Waals surface area contributed by atoms with Crippen molar-refractivity contribution >= 4 is 5.91 Å². The molecule has 2 aliphatic heterocycles. The average molecular weight is 409 g/mol. The normalized spacial score (nSPS) is 25.5. The lowest BCUT2D eigenvalue weighted by Crippen LogP contribution is -2.51. The molecule has 0 unspecified atom stereocenters. The number of hydrogen-bond donors (Lipinski definition) is 0. The quantitative estimate of drug-likeness (QED) is 0.758. The fourth-order valence-corrected chi connectivity index (χ4v) is 5.59. The first-order chi connectivity index (χ1) is 14.4. The van der Waals surface area contributed by atoms with Gasteiger partial charge in [0.1, 0.15) is 0 Å². The number of piperidine rings is 1. The smallest absolute Gasteiger partial charge is 0.274 e. The van der Waals surface area contributed by atoms with Crippen LogP contribution < -0.4 is 5.56 Å². The van der Waals surface area contributed by atoms with Crippen LogP contribution in [0.4, 0.5) is 0 Å². The lowest BCUT2D eigenvalue weighted by molar-refractivity contribution is 0.0507. The molecule has 1 saturated carbocycles. The Hall–Kier alpha value is -2.37. The highest BCUT2D eigenvalue weighted by Crippen LogP contribution is 2.44. The van der Waals surface area contributed by atoms with Gasteiger partial charge in [0.2, 0.25) is 0 Å². The van der Waals surface area contributed by atoms with E-state index in [9.17, 15) is 9.59 Å². The van der Waals surface area contributed by atoms with Gasteiger partial charge in [-0.05, 0) is 56.1 Å². The third-order valence-electron chi connectivity index (χ3n) is 7.26. The lowest BCUT2D eigenvalue weighted by atomic mass is 9.76. The maximum Gasteiger partial charge on any atom is 0.274 e. The van der Waals surface area contributed by atoms with Crippen LogP contribution in [0.25, 0.3) is 0 Å². The summed E-state index contributed by atoms with van der Waals surface area (Å²) in [6.07, 6.45) is 5.54. The van der Waals surface area contributed by atoms with E-state index in [1.165, 1.54) is 18.5 Å². The number of carbonyl (C=O) groups is 1. The number of nitrogens with zero attached hydrogens (tertiary/aromatic N) is 4. The Labute approximate surface area is 177 Å². The molecule has 1 saturated heterocycles. The lowest BCUT2D eigenvalue weighted by Gasteiger charge is -2.47. The number of fused-ring (bicyclic) bond motifs is 4. The third kappa shape index (κ3) is 3.40. The Morgan fingerprint density at radius 2 is 1.97 bits per heavy atom. The summed E-state index contributed by atoms with van der Waals surface area (Å²) in [4.78, 5) is 28.1. The van der Waals surface area contributed by atoms with Crippen LogP contribution in [0.15, 0.2) is 29.1 Å². The van der Waals surface area contributed by atoms with Crippen LogP contribution in [0.3, 0.4) is 0 Å². The number of likely N-dealkylation sites (tertiary alicyclic amines) is 1. The summed E-state index contributed by atoms with van der Waals surface area (Å²) in [5.41, 5.74) is 2.96. The van der Waals surface area contributed by atoms with Crippen LogP contribution in [-0.4, -0.2) is 38.2 Å². The molecule has 5 rings (SSSR count). The number of aromatic nitrogens is 3. The van der Waals surface area contributed by atoms with Crippen molar-refractivity contribution in [3.05, 3.63) is 51.7 Å². The fraction of sp³-hybridized carbons (Fsp3) is 0.625. The zero-order valence-corrected chi connectivity index (χ0v) is 18.3. The molecule has 3 aliphatic rings. The van der Waals surface area contributed by atoms with E-state index in [1.54, 1.807) is 6.07 Å². The molecule has 6 nitrogen and oxygen atoms in total. The molecular formula is C24H32N4O2. The minimum atomic E-state index is 0.0431. The number of carbonyl (C=O) groups excluding carboxylic acids is 1. The Morgan fingerprint density at radius 1 is 1.17 bits per heavy atom. The van der Waals surface area contributed by atoms with Gasteiger partial charge < -0.3 is 9.47 Å². The number of amides is 1. The first-order valence-corrected chi connectivity index (χ1v) is 11.5. The molecule has 6 heteroatoms. The zero-order valence-electron chi connectivity index (χ0n) is 18.3. The van der Waals surface area contributed by atoms with Gasteiger partial charge >= 0.3 is 0 Å². The SMILES string of the molecule is CC(C)CC[C@H]1[C@H]2C[C@H](CN(C(=O)c3cc(C4CC4)n(C)n3)C2)c2cccc(=O)n21. The van der Waals surface area contributed by atoms with Crippen molar-refractivity contribution in [1.29, 1.82) is 0 Å². The molecule has 1 amide bonds. The van der Waals surface area contributed by atoms with E-state index in [4.69, 9.17) is 0 Å². The second kappa shape index (κ2) is 7.40. The monoisotopic (exact) mass is 408 g/mol. The van der Waals surface area contributed by atoms with Gasteiger partial charge in [0.15, 0.2) is 5.69 Å². The highest BCUT2D eigenvalue weighted by Gasteiger charge is 2.42. The van der Waals surface area contributed by atoms with Crippen LogP contribution in [0.5, 0.6) is 0 Å². The highest BCUT2D eigenvalue weighted by molar-refractivity contribution is 5.92. The van der Waals surface area contributed by atoms with Crippen molar-refractivity contribution in [1.82, 2.24) is 19.2 Å². The van der Waals surface area contributed by atoms with Crippen LogP contribution in [0.2, 0.25) is 0 Å². The molecule has 4 heterocycles. The Morgan fingerprint density at radius 3 is 2.70 bits per heavy atom. The molecule has 3 atom stereocenters. The molecule has 0 radical (unpaired) electrons. The van der Waals surface area contributed by atoms with Crippen molar-refractivity contribution < 1.29 is 4.79 Å². The van der Waals surface area contributed by atoms with E-state index in [1.807, 2.05) is 28.8 Å². The van der Waals surface area contributed by atoms with Gasteiger partial charge in [0.25, 0.3) is 11.5 Å². The fourth-order valence-electron chi connectivity index (χ4n) is 5.59. The summed E-state index contributed by atoms with van der Waals surface area (Å²) in [7, 11) is 1.94. The second-order valence-corrected chi connectivity index (χ2v) is 9.95. The van der Waals surface area contributed by atoms with Gasteiger partial charge in [-0.2, -0.15) is 5.10 Å². The average Bonchev–Trinajstić information content (AvgIpc) is 3.49. The van der Waals surface area contributed by atoms with E-state index in [0.717, 1.165) is 25.0 Å². The topological polar surface area (TPSA) is 60.1 Å². The molecule has 0 N–H and O–H groups in total. The van der Waals surface area contributed by atoms with Gasteiger partial charge in [0, 0.05) is 55.5 Å². The predicted octanol–water partition coefficient (Wildman–Crippen LogP) is 3.70. The van der Waals surface area contributed by atoms with Crippen molar-refractivity contribution in [2.45, 2.75) is 63.8 Å². The number of aryl methyl sites for hydroxylation is 1. The van der Waals surface area contributed by atoms with E-state index in [-0.39, 0.29) is 23.4 Å². The Bertz CT molecular complexity index is 1020. The molecule has 160 valence electrons. The van der Waals surface area contributed by atoms with E-state index >= 15 is 0 Å². The molecular weight excluding hydrogens is 376 g/mol. The van der Waals surface area contributed by atoms with Crippen molar-refractivity contribution in [2.75, 3.05) is 13.1 Å². The van der Waals surface area contributed by atoms with Gasteiger partial charge in [-0.15, -0.1) is 0 Å². The van der Waals surface area contributed by atoms with Crippen LogP contribution in [0, 0.1) is 11.8 Å². The van der Waals surface area contributed by atoms with E-state index in [0.29, 0.717) is 36.5 Å². The summed E-state index contributed by atoms with van der Waals surface area (Å²) in [5, 5.41) is 4.55. The minimum absolute atomic E-state index is 0.0431. The summed E-state index contributed by atoms with van der Waals surface area (Å²) in [6, 6.07) is 7.82. The molecule has 0 aromatic carbocycles. The Balaban J connectivity index is 1.44. The Kier molecular flexibility index (Phi) is 4.83. The number of pyridine rings is 1.